The molecule has 0 saturated heterocycles. The van der Waals surface area contributed by atoms with Gasteiger partial charge < -0.3 is 5.32 Å². The molecular weight excluding hydrogens is 247 g/mol. The average Bonchev–Trinajstić information content (AvgIpc) is 2.67. The summed E-state index contributed by atoms with van der Waals surface area (Å²) < 4.78 is 1.69. The molecule has 0 radical (unpaired) electrons. The zero-order chi connectivity index (χ0) is 11.5. The van der Waals surface area contributed by atoms with Crippen LogP contribution in [0.4, 0.5) is 5.82 Å². The summed E-state index contributed by atoms with van der Waals surface area (Å²) in [7, 11) is 1.81. The van der Waals surface area contributed by atoms with Gasteiger partial charge >= 0.3 is 0 Å². The summed E-state index contributed by atoms with van der Waals surface area (Å²) in [6.45, 7) is 0.501. The molecule has 4 nitrogen and oxygen atoms in total. The van der Waals surface area contributed by atoms with Crippen molar-refractivity contribution in [2.24, 2.45) is 0 Å². The van der Waals surface area contributed by atoms with E-state index in [1.807, 2.05) is 13.1 Å². The van der Waals surface area contributed by atoms with E-state index in [0.717, 1.165) is 11.5 Å². The van der Waals surface area contributed by atoms with Crippen molar-refractivity contribution in [3.05, 3.63) is 40.3 Å². The Morgan fingerprint density at radius 3 is 2.81 bits per heavy atom. The largest absolute Gasteiger partial charge is 0.373 e. The number of halogens is 2. The Hall–Kier alpha value is -1.26. The van der Waals surface area contributed by atoms with Crippen LogP contribution in [0.5, 0.6) is 0 Å². The van der Waals surface area contributed by atoms with Crippen LogP contribution in [0.1, 0.15) is 5.69 Å². The van der Waals surface area contributed by atoms with E-state index in [2.05, 4.69) is 15.4 Å². The second kappa shape index (κ2) is 4.72. The summed E-state index contributed by atoms with van der Waals surface area (Å²) in [4.78, 5) is 4.35. The maximum Gasteiger partial charge on any atom is 0.126 e. The number of pyridine rings is 1. The van der Waals surface area contributed by atoms with E-state index < -0.39 is 0 Å². The minimum absolute atomic E-state index is 0.501. The van der Waals surface area contributed by atoms with E-state index in [0.29, 0.717) is 16.6 Å². The normalized spacial score (nSPS) is 10.4. The van der Waals surface area contributed by atoms with E-state index in [9.17, 15) is 0 Å². The summed E-state index contributed by atoms with van der Waals surface area (Å²) in [5.74, 6) is 0.776. The Morgan fingerprint density at radius 1 is 1.38 bits per heavy atom. The van der Waals surface area contributed by atoms with Crippen molar-refractivity contribution in [3.8, 4) is 0 Å². The lowest BCUT2D eigenvalue weighted by atomic mass is 10.3. The molecule has 0 atom stereocenters. The smallest absolute Gasteiger partial charge is 0.126 e. The number of nitrogens with one attached hydrogen (secondary N) is 1. The van der Waals surface area contributed by atoms with Crippen molar-refractivity contribution >= 4 is 29.0 Å². The van der Waals surface area contributed by atoms with Gasteiger partial charge in [-0.15, -0.1) is 0 Å². The van der Waals surface area contributed by atoms with Gasteiger partial charge in [-0.1, -0.05) is 23.2 Å². The highest BCUT2D eigenvalue weighted by molar-refractivity contribution is 6.31. The summed E-state index contributed by atoms with van der Waals surface area (Å²) in [5.41, 5.74) is 0.758. The lowest BCUT2D eigenvalue weighted by Gasteiger charge is -2.06. The maximum atomic E-state index is 6.05. The van der Waals surface area contributed by atoms with Gasteiger partial charge in [0, 0.05) is 13.2 Å². The van der Waals surface area contributed by atoms with Crippen molar-refractivity contribution in [1.82, 2.24) is 14.8 Å². The molecule has 2 rings (SSSR count). The second-order valence-electron chi connectivity index (χ2n) is 3.23. The van der Waals surface area contributed by atoms with Crippen LogP contribution < -0.4 is 5.32 Å². The molecule has 16 heavy (non-hydrogen) atoms. The highest BCUT2D eigenvalue weighted by atomic mass is 35.5. The Kier molecular flexibility index (Phi) is 3.31. The first-order valence-corrected chi connectivity index (χ1v) is 5.46. The van der Waals surface area contributed by atoms with Crippen molar-refractivity contribution in [3.63, 3.8) is 0 Å². The first-order valence-electron chi connectivity index (χ1n) is 4.70. The van der Waals surface area contributed by atoms with Gasteiger partial charge in [-0.3, -0.25) is 4.68 Å². The third kappa shape index (κ3) is 2.46. The van der Waals surface area contributed by atoms with Gasteiger partial charge in [-0.2, -0.15) is 5.10 Å². The number of anilines is 1. The van der Waals surface area contributed by atoms with Crippen LogP contribution in [0.15, 0.2) is 24.5 Å². The molecule has 0 amide bonds. The maximum absolute atomic E-state index is 6.05. The van der Waals surface area contributed by atoms with Crippen LogP contribution >= 0.6 is 23.2 Å². The zero-order valence-corrected chi connectivity index (χ0v) is 10.1. The van der Waals surface area contributed by atoms with Crippen LogP contribution in [-0.2, 0) is 6.54 Å². The standard InChI is InChI=1S/C10H10Cl2N4/c1-13-10-3-2-8(12)9(15-10)6-16-5-7(11)4-14-16/h2-5H,6H2,1H3,(H,13,15). The fourth-order valence-corrected chi connectivity index (χ4v) is 1.63. The van der Waals surface area contributed by atoms with Crippen LogP contribution in [0, 0.1) is 0 Å². The molecule has 0 fully saturated rings. The molecule has 0 saturated carbocycles. The third-order valence-corrected chi connectivity index (χ3v) is 2.63. The zero-order valence-electron chi connectivity index (χ0n) is 8.61. The number of rotatable bonds is 3. The predicted molar refractivity (Wildman–Crippen MR) is 65.1 cm³/mol. The first-order chi connectivity index (χ1) is 7.69. The molecular formula is C10H10Cl2N4. The summed E-state index contributed by atoms with van der Waals surface area (Å²) >= 11 is 11.8. The van der Waals surface area contributed by atoms with Gasteiger partial charge in [0.05, 0.1) is 28.5 Å². The Balaban J connectivity index is 2.26. The fraction of sp³-hybridized carbons (Fsp3) is 0.200. The van der Waals surface area contributed by atoms with Gasteiger partial charge in [0.1, 0.15) is 5.82 Å². The van der Waals surface area contributed by atoms with E-state index in [-0.39, 0.29) is 0 Å². The van der Waals surface area contributed by atoms with Gasteiger partial charge in [-0.05, 0) is 12.1 Å². The first kappa shape index (κ1) is 11.2. The molecule has 0 aliphatic heterocycles. The van der Waals surface area contributed by atoms with E-state index in [4.69, 9.17) is 23.2 Å². The van der Waals surface area contributed by atoms with Gasteiger partial charge in [0.25, 0.3) is 0 Å². The summed E-state index contributed by atoms with van der Waals surface area (Å²) in [5, 5.41) is 8.25. The summed E-state index contributed by atoms with van der Waals surface area (Å²) in [6, 6.07) is 3.63. The summed E-state index contributed by atoms with van der Waals surface area (Å²) in [6.07, 6.45) is 3.31. The Morgan fingerprint density at radius 2 is 2.19 bits per heavy atom. The highest BCUT2D eigenvalue weighted by Gasteiger charge is 2.05. The van der Waals surface area contributed by atoms with Crippen LogP contribution in [0.3, 0.4) is 0 Å². The van der Waals surface area contributed by atoms with Crippen molar-refractivity contribution in [2.45, 2.75) is 6.54 Å². The topological polar surface area (TPSA) is 42.7 Å². The predicted octanol–water partition coefficient (Wildman–Crippen LogP) is 2.67. The molecule has 0 unspecified atom stereocenters. The number of nitrogens with zero attached hydrogens (tertiary/aromatic N) is 3. The number of hydrogen-bond acceptors (Lipinski definition) is 3. The molecule has 0 aromatic carbocycles. The van der Waals surface area contributed by atoms with Crippen LogP contribution in [0.2, 0.25) is 10.0 Å². The molecule has 0 aliphatic rings. The van der Waals surface area contributed by atoms with Gasteiger partial charge in [0.15, 0.2) is 0 Å². The minimum Gasteiger partial charge on any atom is -0.373 e. The molecule has 2 heterocycles. The SMILES string of the molecule is CNc1ccc(Cl)c(Cn2cc(Cl)cn2)n1. The van der Waals surface area contributed by atoms with Crippen molar-refractivity contribution in [2.75, 3.05) is 12.4 Å². The number of aromatic nitrogens is 3. The average molecular weight is 257 g/mol. The van der Waals surface area contributed by atoms with Crippen LogP contribution in [-0.4, -0.2) is 21.8 Å². The van der Waals surface area contributed by atoms with Gasteiger partial charge in [0.2, 0.25) is 0 Å². The van der Waals surface area contributed by atoms with Gasteiger partial charge in [-0.25, -0.2) is 4.98 Å². The van der Waals surface area contributed by atoms with E-state index in [1.165, 1.54) is 0 Å². The minimum atomic E-state index is 0.501. The second-order valence-corrected chi connectivity index (χ2v) is 4.07. The van der Waals surface area contributed by atoms with E-state index >= 15 is 0 Å². The molecule has 84 valence electrons. The van der Waals surface area contributed by atoms with E-state index in [1.54, 1.807) is 23.1 Å². The highest BCUT2D eigenvalue weighted by Crippen LogP contribution is 2.18. The van der Waals surface area contributed by atoms with Crippen molar-refractivity contribution < 1.29 is 0 Å². The Labute approximate surface area is 103 Å². The van der Waals surface area contributed by atoms with Crippen molar-refractivity contribution in [1.29, 1.82) is 0 Å². The molecule has 6 heteroatoms. The molecule has 0 bridgehead atoms. The molecule has 2 aromatic rings. The lowest BCUT2D eigenvalue weighted by Crippen LogP contribution is -2.04. The number of hydrogen-bond donors (Lipinski definition) is 1. The monoisotopic (exact) mass is 256 g/mol. The fourth-order valence-electron chi connectivity index (χ4n) is 1.31. The molecule has 0 spiro atoms. The third-order valence-electron chi connectivity index (χ3n) is 2.09. The molecule has 2 aromatic heterocycles. The Bertz CT molecular complexity index is 495. The lowest BCUT2D eigenvalue weighted by molar-refractivity contribution is 0.673. The molecule has 0 aliphatic carbocycles. The quantitative estimate of drug-likeness (QED) is 0.919. The molecule has 1 N–H and O–H groups in total. The van der Waals surface area contributed by atoms with Crippen LogP contribution in [0.25, 0.3) is 0 Å².